The van der Waals surface area contributed by atoms with E-state index in [1.165, 1.54) is 0 Å². The van der Waals surface area contributed by atoms with Crippen LogP contribution in [0.1, 0.15) is 0 Å². The number of hydrogen-bond donors (Lipinski definition) is 2. The van der Waals surface area contributed by atoms with Gasteiger partial charge in [-0.15, -0.1) is 4.67 Å². The second-order valence-corrected chi connectivity index (χ2v) is 4.01. The average Bonchev–Trinajstić information content (AvgIpc) is 1.57. The Bertz CT molecular complexity index is 232. The molecule has 0 aromatic rings. The fraction of sp³-hybridized carbons (Fsp3) is 1.00. The molecule has 0 aliphatic carbocycles. The molecule has 0 bridgehead atoms. The summed E-state index contributed by atoms with van der Waals surface area (Å²) in [6.45, 7) is 0. The van der Waals surface area contributed by atoms with Gasteiger partial charge in [-0.2, -0.15) is 8.42 Å². The van der Waals surface area contributed by atoms with Crippen LogP contribution in [-0.2, 0) is 23.7 Å². The second-order valence-electron chi connectivity index (χ2n) is 1.34. The van der Waals surface area contributed by atoms with Gasteiger partial charge in [0.05, 0.1) is 6.26 Å². The van der Waals surface area contributed by atoms with Gasteiger partial charge < -0.3 is 9.79 Å². The summed E-state index contributed by atoms with van der Waals surface area (Å²) in [5.74, 6) is 0. The van der Waals surface area contributed by atoms with Crippen molar-refractivity contribution < 1.29 is 31.8 Å². The molecule has 7 nitrogen and oxygen atoms in total. The predicted octanol–water partition coefficient (Wildman–Crippen LogP) is -1.01. The molecule has 0 fully saturated rings. The molecule has 0 heterocycles. The summed E-state index contributed by atoms with van der Waals surface area (Å²) in [5, 5.41) is 0. The van der Waals surface area contributed by atoms with E-state index in [9.17, 15) is 13.0 Å². The average molecular weight is 192 g/mol. The highest BCUT2D eigenvalue weighted by molar-refractivity contribution is 7.85. The highest BCUT2D eigenvalue weighted by Crippen LogP contribution is 2.36. The lowest BCUT2D eigenvalue weighted by molar-refractivity contribution is -0.115. The molecule has 0 unspecified atom stereocenters. The molecule has 2 N–H and O–H groups in total. The molecule has 0 saturated heterocycles. The van der Waals surface area contributed by atoms with Gasteiger partial charge in [-0.25, -0.2) is 4.57 Å². The minimum Gasteiger partial charge on any atom is -0.301 e. The zero-order valence-electron chi connectivity index (χ0n) is 4.79. The molecule has 0 spiro atoms. The lowest BCUT2D eigenvalue weighted by atomic mass is 12.0. The van der Waals surface area contributed by atoms with Gasteiger partial charge in [0.1, 0.15) is 0 Å². The standard InChI is InChI=1S/CH5O7PS/c1-10(5,6)8-7-9(2,3)4/h1H3,(H2,2,3,4). The Balaban J connectivity index is 3.92. The molecule has 0 aromatic carbocycles. The Hall–Kier alpha value is 0.0200. The first-order chi connectivity index (χ1) is 4.21. The monoisotopic (exact) mass is 192 g/mol. The van der Waals surface area contributed by atoms with Gasteiger partial charge in [-0.3, -0.25) is 0 Å². The van der Waals surface area contributed by atoms with Crippen LogP contribution in [0.4, 0.5) is 0 Å². The van der Waals surface area contributed by atoms with Crippen molar-refractivity contribution in [1.82, 2.24) is 0 Å². The van der Waals surface area contributed by atoms with Gasteiger partial charge in [0, 0.05) is 0 Å². The van der Waals surface area contributed by atoms with Gasteiger partial charge in [-0.05, 0) is 0 Å². The van der Waals surface area contributed by atoms with Crippen LogP contribution in [0.2, 0.25) is 0 Å². The Morgan fingerprint density at radius 1 is 1.40 bits per heavy atom. The van der Waals surface area contributed by atoms with Crippen molar-refractivity contribution >= 4 is 17.9 Å². The lowest BCUT2D eigenvalue weighted by Crippen LogP contribution is -2.01. The van der Waals surface area contributed by atoms with Crippen LogP contribution in [0.3, 0.4) is 0 Å². The molecular weight excluding hydrogens is 187 g/mol. The van der Waals surface area contributed by atoms with Crippen LogP contribution < -0.4 is 0 Å². The van der Waals surface area contributed by atoms with E-state index in [1.54, 1.807) is 0 Å². The number of phosphoric acid groups is 1. The molecule has 62 valence electrons. The van der Waals surface area contributed by atoms with Crippen molar-refractivity contribution in [3.63, 3.8) is 0 Å². The molecule has 0 atom stereocenters. The number of hydrogen-bond acceptors (Lipinski definition) is 5. The van der Waals surface area contributed by atoms with Gasteiger partial charge in [0.25, 0.3) is 10.1 Å². The molecule has 0 rings (SSSR count). The summed E-state index contributed by atoms with van der Waals surface area (Å²) in [7, 11) is -8.84. The van der Waals surface area contributed by atoms with Crippen LogP contribution in [0.25, 0.3) is 0 Å². The molecule has 10 heavy (non-hydrogen) atoms. The normalized spacial score (nSPS) is 13.5. The summed E-state index contributed by atoms with van der Waals surface area (Å²) in [5.41, 5.74) is 0. The lowest BCUT2D eigenvalue weighted by Gasteiger charge is -1.99. The molecular formula is CH5O7PS. The Kier molecular flexibility index (Phi) is 2.96. The zero-order valence-corrected chi connectivity index (χ0v) is 6.50. The van der Waals surface area contributed by atoms with Crippen LogP contribution in [-0.4, -0.2) is 24.5 Å². The predicted molar refractivity (Wildman–Crippen MR) is 29.1 cm³/mol. The summed E-state index contributed by atoms with van der Waals surface area (Å²) in [6, 6.07) is 0. The first-order valence-electron chi connectivity index (χ1n) is 1.84. The largest absolute Gasteiger partial charge is 0.497 e. The summed E-state index contributed by atoms with van der Waals surface area (Å²) < 4.78 is 36.2. The van der Waals surface area contributed by atoms with Crippen molar-refractivity contribution in [2.24, 2.45) is 0 Å². The third kappa shape index (κ3) is 8.02. The molecule has 9 heteroatoms. The van der Waals surface area contributed by atoms with Crippen molar-refractivity contribution in [2.75, 3.05) is 6.26 Å². The quantitative estimate of drug-likeness (QED) is 0.334. The third-order valence-corrected chi connectivity index (χ3v) is 0.936. The van der Waals surface area contributed by atoms with Gasteiger partial charge >= 0.3 is 7.82 Å². The molecule has 0 aliphatic heterocycles. The molecule has 0 aliphatic rings. The summed E-state index contributed by atoms with van der Waals surface area (Å²) in [6.07, 6.45) is 0.586. The van der Waals surface area contributed by atoms with E-state index >= 15 is 0 Å². The van der Waals surface area contributed by atoms with Crippen LogP contribution in [0.15, 0.2) is 0 Å². The first kappa shape index (κ1) is 10.0. The summed E-state index contributed by atoms with van der Waals surface area (Å²) in [4.78, 5) is 15.8. The maximum absolute atomic E-state index is 9.99. The van der Waals surface area contributed by atoms with E-state index in [2.05, 4.69) is 9.01 Å². The number of rotatable bonds is 3. The van der Waals surface area contributed by atoms with E-state index < -0.39 is 17.9 Å². The van der Waals surface area contributed by atoms with Gasteiger partial charge in [0.2, 0.25) is 0 Å². The SMILES string of the molecule is CS(=O)(=O)OOP(=O)(O)O. The zero-order chi connectivity index (χ0) is 8.41. The smallest absolute Gasteiger partial charge is 0.301 e. The highest BCUT2D eigenvalue weighted by Gasteiger charge is 2.18. The van der Waals surface area contributed by atoms with Gasteiger partial charge in [0.15, 0.2) is 0 Å². The fourth-order valence-electron chi connectivity index (χ4n) is 0.0949. The van der Waals surface area contributed by atoms with Crippen molar-refractivity contribution in [2.45, 2.75) is 0 Å². The van der Waals surface area contributed by atoms with Crippen molar-refractivity contribution in [3.05, 3.63) is 0 Å². The molecule has 0 saturated carbocycles. The molecule has 0 aromatic heterocycles. The van der Waals surface area contributed by atoms with Crippen LogP contribution in [0.5, 0.6) is 0 Å². The maximum Gasteiger partial charge on any atom is 0.497 e. The molecule has 0 amide bonds. The van der Waals surface area contributed by atoms with E-state index in [0.717, 1.165) is 0 Å². The van der Waals surface area contributed by atoms with E-state index in [0.29, 0.717) is 6.26 Å². The first-order valence-corrected chi connectivity index (χ1v) is 5.19. The van der Waals surface area contributed by atoms with Crippen molar-refractivity contribution in [1.29, 1.82) is 0 Å². The molecule has 0 radical (unpaired) electrons. The van der Waals surface area contributed by atoms with E-state index in [1.807, 2.05) is 0 Å². The fourth-order valence-corrected chi connectivity index (χ4v) is 0.854. The van der Waals surface area contributed by atoms with Crippen LogP contribution in [0, 0.1) is 0 Å². The third-order valence-electron chi connectivity index (χ3n) is 0.251. The minimum absolute atomic E-state index is 0.586. The Labute approximate surface area is 56.9 Å². The minimum atomic E-state index is -4.86. The maximum atomic E-state index is 9.99. The van der Waals surface area contributed by atoms with Crippen molar-refractivity contribution in [3.8, 4) is 0 Å². The topological polar surface area (TPSA) is 110 Å². The van der Waals surface area contributed by atoms with Crippen LogP contribution >= 0.6 is 7.82 Å². The van der Waals surface area contributed by atoms with E-state index in [-0.39, 0.29) is 0 Å². The Morgan fingerprint density at radius 3 is 1.90 bits per heavy atom. The highest BCUT2D eigenvalue weighted by atomic mass is 32.2. The summed E-state index contributed by atoms with van der Waals surface area (Å²) >= 11 is 0. The van der Waals surface area contributed by atoms with Gasteiger partial charge in [-0.1, -0.05) is 4.33 Å². The Morgan fingerprint density at radius 2 is 1.80 bits per heavy atom. The second kappa shape index (κ2) is 2.95. The van der Waals surface area contributed by atoms with E-state index in [4.69, 9.17) is 9.79 Å².